The highest BCUT2D eigenvalue weighted by atomic mass is 35.5. The molecule has 0 saturated carbocycles. The lowest BCUT2D eigenvalue weighted by Gasteiger charge is -2.01. The van der Waals surface area contributed by atoms with Crippen LogP contribution in [0.2, 0.25) is 0 Å². The highest BCUT2D eigenvalue weighted by molar-refractivity contribution is 7.27. The minimum Gasteiger partial charge on any atom is -0.265 e. The van der Waals surface area contributed by atoms with E-state index >= 15 is 0 Å². The fourth-order valence-corrected chi connectivity index (χ4v) is 4.13. The van der Waals surface area contributed by atoms with Crippen molar-refractivity contribution < 1.29 is 0 Å². The van der Waals surface area contributed by atoms with Crippen molar-refractivity contribution in [3.05, 3.63) is 52.5 Å². The number of pyridine rings is 1. The zero-order valence-electron chi connectivity index (χ0n) is 9.63. The molecule has 0 bridgehead atoms. The smallest absolute Gasteiger partial charge is 0.101 e. The molecule has 0 radical (unpaired) electrons. The Balaban J connectivity index is 2.14. The molecule has 3 heterocycles. The number of allylic oxidation sites excluding steroid dienone is 1. The van der Waals surface area contributed by atoms with Gasteiger partial charge in [0.05, 0.1) is 10.6 Å². The Morgan fingerprint density at radius 3 is 2.68 bits per heavy atom. The highest BCUT2D eigenvalue weighted by Crippen LogP contribution is 2.38. The van der Waals surface area contributed by atoms with Crippen LogP contribution in [0.5, 0.6) is 0 Å². The van der Waals surface area contributed by atoms with E-state index in [1.54, 1.807) is 47.2 Å². The van der Waals surface area contributed by atoms with Crippen LogP contribution >= 0.6 is 34.3 Å². The summed E-state index contributed by atoms with van der Waals surface area (Å²) in [5, 5.41) is 11.9. The van der Waals surface area contributed by atoms with Gasteiger partial charge in [0.2, 0.25) is 0 Å². The van der Waals surface area contributed by atoms with Crippen LogP contribution in [0, 0.1) is 11.3 Å². The van der Waals surface area contributed by atoms with Gasteiger partial charge in [0.25, 0.3) is 0 Å². The zero-order chi connectivity index (χ0) is 13.2. The van der Waals surface area contributed by atoms with Crippen molar-refractivity contribution >= 4 is 54.3 Å². The van der Waals surface area contributed by atoms with E-state index in [2.05, 4.69) is 22.5 Å². The zero-order valence-corrected chi connectivity index (χ0v) is 12.0. The van der Waals surface area contributed by atoms with Gasteiger partial charge in [-0.2, -0.15) is 5.26 Å². The summed E-state index contributed by atoms with van der Waals surface area (Å²) in [6.45, 7) is 0. The molecular weight excluding hydrogens is 296 g/mol. The summed E-state index contributed by atoms with van der Waals surface area (Å²) >= 11 is 9.67. The van der Waals surface area contributed by atoms with Gasteiger partial charge in [-0.05, 0) is 35.2 Å². The van der Waals surface area contributed by atoms with Gasteiger partial charge in [0.1, 0.15) is 6.07 Å². The van der Waals surface area contributed by atoms with Crippen molar-refractivity contribution in [3.63, 3.8) is 0 Å². The maximum absolute atomic E-state index is 9.33. The Morgan fingerprint density at radius 1 is 1.21 bits per heavy atom. The van der Waals surface area contributed by atoms with E-state index in [1.807, 2.05) is 6.07 Å². The van der Waals surface area contributed by atoms with Gasteiger partial charge in [-0.1, -0.05) is 11.6 Å². The molecule has 0 fully saturated rings. The fraction of sp³-hybridized carbons (Fsp3) is 0. The summed E-state index contributed by atoms with van der Waals surface area (Å²) in [6.07, 6.45) is 3.31. The third-order valence-corrected chi connectivity index (χ3v) is 5.27. The number of rotatable bonds is 2. The molecule has 0 atom stereocenters. The molecule has 0 aliphatic rings. The minimum absolute atomic E-state index is 0.484. The Labute approximate surface area is 123 Å². The molecule has 92 valence electrons. The summed E-state index contributed by atoms with van der Waals surface area (Å²) in [4.78, 5) is 4.88. The third-order valence-electron chi connectivity index (χ3n) is 2.66. The predicted molar refractivity (Wildman–Crippen MR) is 82.2 cm³/mol. The van der Waals surface area contributed by atoms with Gasteiger partial charge in [-0.15, -0.1) is 22.7 Å². The lowest BCUT2D eigenvalue weighted by Crippen LogP contribution is -1.84. The average molecular weight is 303 g/mol. The van der Waals surface area contributed by atoms with Crippen molar-refractivity contribution in [1.29, 1.82) is 5.26 Å². The number of aromatic nitrogens is 1. The van der Waals surface area contributed by atoms with Crippen molar-refractivity contribution in [2.24, 2.45) is 0 Å². The largest absolute Gasteiger partial charge is 0.265 e. The van der Waals surface area contributed by atoms with E-state index in [0.29, 0.717) is 10.6 Å². The number of hydrogen-bond donors (Lipinski definition) is 0. The number of hydrogen-bond acceptors (Lipinski definition) is 4. The number of halogens is 1. The Bertz CT molecular complexity index is 765. The van der Waals surface area contributed by atoms with E-state index in [9.17, 15) is 5.26 Å². The number of nitrogens with zero attached hydrogens (tertiary/aromatic N) is 2. The Morgan fingerprint density at radius 2 is 2.00 bits per heavy atom. The molecule has 0 spiro atoms. The molecule has 0 aliphatic carbocycles. The molecular formula is C14H7ClN2S2. The highest BCUT2D eigenvalue weighted by Gasteiger charge is 2.12. The summed E-state index contributed by atoms with van der Waals surface area (Å²) in [7, 11) is 0. The van der Waals surface area contributed by atoms with Crippen LogP contribution < -0.4 is 0 Å². The summed E-state index contributed by atoms with van der Waals surface area (Å²) in [5.41, 5.74) is 1.28. The molecule has 0 saturated heterocycles. The SMILES string of the molecule is N#C/C(=C(/Cl)c1cc2sccc2s1)c1ccncc1. The second-order valence-corrected chi connectivity index (χ2v) is 6.21. The Hall–Kier alpha value is -1.67. The molecule has 5 heteroatoms. The van der Waals surface area contributed by atoms with Crippen molar-refractivity contribution in [2.45, 2.75) is 0 Å². The van der Waals surface area contributed by atoms with Crippen molar-refractivity contribution in [2.75, 3.05) is 0 Å². The van der Waals surface area contributed by atoms with Crippen LogP contribution in [0.3, 0.4) is 0 Å². The molecule has 0 N–H and O–H groups in total. The van der Waals surface area contributed by atoms with Crippen LogP contribution in [0.25, 0.3) is 20.0 Å². The van der Waals surface area contributed by atoms with Crippen molar-refractivity contribution in [3.8, 4) is 6.07 Å². The second kappa shape index (κ2) is 5.14. The average Bonchev–Trinajstić information content (AvgIpc) is 3.01. The molecule has 2 nitrogen and oxygen atoms in total. The quantitative estimate of drug-likeness (QED) is 0.625. The monoisotopic (exact) mass is 302 g/mol. The topological polar surface area (TPSA) is 36.7 Å². The van der Waals surface area contributed by atoms with Crippen LogP contribution in [0.1, 0.15) is 10.4 Å². The summed E-state index contributed by atoms with van der Waals surface area (Å²) in [5.74, 6) is 0. The van der Waals surface area contributed by atoms with Crippen LogP contribution in [-0.4, -0.2) is 4.98 Å². The Kier molecular flexibility index (Phi) is 3.34. The molecule has 3 rings (SSSR count). The first-order valence-electron chi connectivity index (χ1n) is 5.47. The molecule has 0 amide bonds. The number of nitriles is 1. The normalized spacial score (nSPS) is 12.2. The first kappa shape index (κ1) is 12.4. The third kappa shape index (κ3) is 2.28. The van der Waals surface area contributed by atoms with E-state index in [-0.39, 0.29) is 0 Å². The maximum atomic E-state index is 9.33. The van der Waals surface area contributed by atoms with Gasteiger partial charge >= 0.3 is 0 Å². The molecule has 3 aromatic rings. The van der Waals surface area contributed by atoms with E-state index < -0.39 is 0 Å². The molecule has 19 heavy (non-hydrogen) atoms. The standard InChI is InChI=1S/C14H7ClN2S2/c15-14(10(8-16)9-1-4-17-5-2-9)13-7-12-11(19-13)3-6-18-12/h1-7H/b14-10-. The molecule has 0 aromatic carbocycles. The lowest BCUT2D eigenvalue weighted by molar-refractivity contribution is 1.32. The van der Waals surface area contributed by atoms with Gasteiger partial charge < -0.3 is 0 Å². The van der Waals surface area contributed by atoms with Gasteiger partial charge in [-0.3, -0.25) is 4.98 Å². The summed E-state index contributed by atoms with van der Waals surface area (Å²) < 4.78 is 2.40. The molecule has 0 aliphatic heterocycles. The number of fused-ring (bicyclic) bond motifs is 1. The van der Waals surface area contributed by atoms with Crippen LogP contribution in [0.4, 0.5) is 0 Å². The molecule has 0 unspecified atom stereocenters. The van der Waals surface area contributed by atoms with Gasteiger partial charge in [0.15, 0.2) is 0 Å². The van der Waals surface area contributed by atoms with Crippen LogP contribution in [0.15, 0.2) is 42.0 Å². The first-order valence-corrected chi connectivity index (χ1v) is 7.54. The van der Waals surface area contributed by atoms with E-state index in [4.69, 9.17) is 11.6 Å². The fourth-order valence-electron chi connectivity index (χ4n) is 1.76. The minimum atomic E-state index is 0.484. The maximum Gasteiger partial charge on any atom is 0.101 e. The van der Waals surface area contributed by atoms with Crippen LogP contribution in [-0.2, 0) is 0 Å². The van der Waals surface area contributed by atoms with E-state index in [1.165, 1.54) is 9.40 Å². The van der Waals surface area contributed by atoms with Gasteiger partial charge in [0, 0.05) is 26.7 Å². The van der Waals surface area contributed by atoms with Crippen molar-refractivity contribution in [1.82, 2.24) is 4.98 Å². The van der Waals surface area contributed by atoms with Gasteiger partial charge in [-0.25, -0.2) is 0 Å². The second-order valence-electron chi connectivity index (χ2n) is 3.80. The predicted octanol–water partition coefficient (Wildman–Crippen LogP) is 4.99. The lowest BCUT2D eigenvalue weighted by atomic mass is 10.1. The number of thiophene rings is 2. The molecule has 3 aromatic heterocycles. The van der Waals surface area contributed by atoms with E-state index in [0.717, 1.165) is 10.4 Å². The first-order chi connectivity index (χ1) is 9.29. The summed E-state index contributed by atoms with van der Waals surface area (Å²) in [6, 6.07) is 9.86.